The van der Waals surface area contributed by atoms with E-state index in [1.165, 1.54) is 12.8 Å². The molecule has 1 aliphatic carbocycles. The van der Waals surface area contributed by atoms with Crippen molar-refractivity contribution in [1.82, 2.24) is 5.32 Å². The van der Waals surface area contributed by atoms with Crippen molar-refractivity contribution in [3.8, 4) is 5.75 Å². The van der Waals surface area contributed by atoms with Gasteiger partial charge in [0, 0.05) is 19.4 Å². The second-order valence-corrected chi connectivity index (χ2v) is 8.42. The van der Waals surface area contributed by atoms with Gasteiger partial charge in [0.25, 0.3) is 0 Å². The number of ether oxygens (including phenoxy) is 2. The quantitative estimate of drug-likeness (QED) is 0.769. The molecule has 0 amide bonds. The SMILES string of the molecule is CC(C)(O)c1ccc(OC2CC(OCC3CCNCC3)C2)c(Br)c1. The van der Waals surface area contributed by atoms with Gasteiger partial charge >= 0.3 is 0 Å². The molecule has 0 spiro atoms. The van der Waals surface area contributed by atoms with Crippen LogP contribution in [-0.4, -0.2) is 37.0 Å². The van der Waals surface area contributed by atoms with Crippen LogP contribution in [0.5, 0.6) is 5.75 Å². The molecule has 1 saturated heterocycles. The molecule has 1 saturated carbocycles. The van der Waals surface area contributed by atoms with Crippen molar-refractivity contribution >= 4 is 15.9 Å². The second-order valence-electron chi connectivity index (χ2n) is 7.56. The van der Waals surface area contributed by atoms with Gasteiger partial charge in [-0.25, -0.2) is 0 Å². The highest BCUT2D eigenvalue weighted by atomic mass is 79.9. The highest BCUT2D eigenvalue weighted by molar-refractivity contribution is 9.10. The molecule has 0 atom stereocenters. The molecule has 5 heteroatoms. The Morgan fingerprint density at radius 3 is 2.54 bits per heavy atom. The van der Waals surface area contributed by atoms with E-state index in [9.17, 15) is 5.11 Å². The fourth-order valence-electron chi connectivity index (χ4n) is 3.23. The number of benzene rings is 1. The van der Waals surface area contributed by atoms with E-state index in [1.54, 1.807) is 13.8 Å². The molecular weight excluding hydrogens is 370 g/mol. The molecule has 2 aliphatic rings. The van der Waals surface area contributed by atoms with Gasteiger partial charge in [-0.2, -0.15) is 0 Å². The molecule has 3 rings (SSSR count). The van der Waals surface area contributed by atoms with Crippen LogP contribution in [0.1, 0.15) is 45.1 Å². The van der Waals surface area contributed by atoms with Crippen LogP contribution < -0.4 is 10.1 Å². The Kier molecular flexibility index (Phi) is 5.85. The van der Waals surface area contributed by atoms with E-state index in [-0.39, 0.29) is 6.10 Å². The topological polar surface area (TPSA) is 50.7 Å². The fraction of sp³-hybridized carbons (Fsp3) is 0.684. The summed E-state index contributed by atoms with van der Waals surface area (Å²) < 4.78 is 13.0. The lowest BCUT2D eigenvalue weighted by atomic mass is 9.91. The van der Waals surface area contributed by atoms with E-state index in [2.05, 4.69) is 21.2 Å². The average molecular weight is 398 g/mol. The molecule has 4 nitrogen and oxygen atoms in total. The van der Waals surface area contributed by atoms with Gasteiger partial charge in [0.2, 0.25) is 0 Å². The first-order valence-electron chi connectivity index (χ1n) is 8.93. The first kappa shape index (κ1) is 18.2. The molecule has 1 aromatic rings. The first-order chi connectivity index (χ1) is 11.4. The predicted molar refractivity (Wildman–Crippen MR) is 98.4 cm³/mol. The zero-order valence-electron chi connectivity index (χ0n) is 14.6. The van der Waals surface area contributed by atoms with Crippen LogP contribution in [0.2, 0.25) is 0 Å². The Balaban J connectivity index is 1.42. The molecule has 0 unspecified atom stereocenters. The summed E-state index contributed by atoms with van der Waals surface area (Å²) in [7, 11) is 0. The third-order valence-corrected chi connectivity index (χ3v) is 5.63. The minimum absolute atomic E-state index is 0.229. The van der Waals surface area contributed by atoms with Gasteiger partial charge in [0.1, 0.15) is 11.9 Å². The van der Waals surface area contributed by atoms with Crippen molar-refractivity contribution in [1.29, 1.82) is 0 Å². The van der Waals surface area contributed by atoms with Crippen molar-refractivity contribution in [2.45, 2.75) is 57.3 Å². The molecule has 0 radical (unpaired) electrons. The predicted octanol–water partition coefficient (Wildman–Crippen LogP) is 3.60. The Morgan fingerprint density at radius 1 is 1.21 bits per heavy atom. The van der Waals surface area contributed by atoms with Crippen LogP contribution in [0.25, 0.3) is 0 Å². The van der Waals surface area contributed by atoms with Crippen LogP contribution >= 0.6 is 15.9 Å². The van der Waals surface area contributed by atoms with Gasteiger partial charge in [-0.05, 0) is 79.3 Å². The molecule has 0 bridgehead atoms. The number of hydrogen-bond donors (Lipinski definition) is 2. The van der Waals surface area contributed by atoms with E-state index in [0.717, 1.165) is 54.2 Å². The maximum absolute atomic E-state index is 10.1. The Hall–Kier alpha value is -0.620. The van der Waals surface area contributed by atoms with Gasteiger partial charge in [0.15, 0.2) is 0 Å². The summed E-state index contributed by atoms with van der Waals surface area (Å²) in [6, 6.07) is 5.78. The van der Waals surface area contributed by atoms with Crippen molar-refractivity contribution in [2.24, 2.45) is 5.92 Å². The monoisotopic (exact) mass is 397 g/mol. The molecule has 24 heavy (non-hydrogen) atoms. The van der Waals surface area contributed by atoms with E-state index in [4.69, 9.17) is 9.47 Å². The zero-order chi connectivity index (χ0) is 17.2. The summed E-state index contributed by atoms with van der Waals surface area (Å²) in [6.07, 6.45) is 4.96. The van der Waals surface area contributed by atoms with Gasteiger partial charge in [-0.3, -0.25) is 0 Å². The van der Waals surface area contributed by atoms with Crippen molar-refractivity contribution < 1.29 is 14.6 Å². The van der Waals surface area contributed by atoms with Gasteiger partial charge < -0.3 is 19.9 Å². The Labute approximate surface area is 153 Å². The zero-order valence-corrected chi connectivity index (χ0v) is 16.1. The largest absolute Gasteiger partial charge is 0.489 e. The lowest BCUT2D eigenvalue weighted by Crippen LogP contribution is -2.41. The van der Waals surface area contributed by atoms with Gasteiger partial charge in [-0.15, -0.1) is 0 Å². The van der Waals surface area contributed by atoms with Crippen molar-refractivity contribution in [2.75, 3.05) is 19.7 Å². The van der Waals surface area contributed by atoms with Crippen LogP contribution in [0.4, 0.5) is 0 Å². The van der Waals surface area contributed by atoms with Crippen LogP contribution in [0.3, 0.4) is 0 Å². The maximum atomic E-state index is 10.1. The second kappa shape index (κ2) is 7.73. The summed E-state index contributed by atoms with van der Waals surface area (Å²) >= 11 is 3.55. The molecule has 1 aliphatic heterocycles. The summed E-state index contributed by atoms with van der Waals surface area (Å²) in [6.45, 7) is 6.71. The highest BCUT2D eigenvalue weighted by Gasteiger charge is 2.33. The number of hydrogen-bond acceptors (Lipinski definition) is 4. The standard InChI is InChI=1S/C19H28BrNO3/c1-19(2,22)14-3-4-18(17(20)9-14)24-16-10-15(11-16)23-12-13-5-7-21-8-6-13/h3-4,9,13,15-16,21-22H,5-8,10-12H2,1-2H3. The minimum Gasteiger partial charge on any atom is -0.489 e. The summed E-state index contributed by atoms with van der Waals surface area (Å²) in [4.78, 5) is 0. The fourth-order valence-corrected chi connectivity index (χ4v) is 3.70. The number of nitrogens with one attached hydrogen (secondary N) is 1. The van der Waals surface area contributed by atoms with E-state index < -0.39 is 5.60 Å². The highest BCUT2D eigenvalue weighted by Crippen LogP contribution is 2.35. The molecule has 1 aromatic carbocycles. The Morgan fingerprint density at radius 2 is 1.92 bits per heavy atom. The molecule has 2 N–H and O–H groups in total. The van der Waals surface area contributed by atoms with E-state index >= 15 is 0 Å². The summed E-state index contributed by atoms with van der Waals surface area (Å²) in [5, 5.41) is 13.5. The normalized spacial score (nSPS) is 25.3. The maximum Gasteiger partial charge on any atom is 0.133 e. The average Bonchev–Trinajstić information content (AvgIpc) is 2.50. The summed E-state index contributed by atoms with van der Waals surface area (Å²) in [5.74, 6) is 1.56. The third kappa shape index (κ3) is 4.72. The Bertz CT molecular complexity index is 546. The van der Waals surface area contributed by atoms with Gasteiger partial charge in [-0.1, -0.05) is 6.07 Å². The van der Waals surface area contributed by atoms with Crippen molar-refractivity contribution in [3.05, 3.63) is 28.2 Å². The van der Waals surface area contributed by atoms with E-state index in [1.807, 2.05) is 18.2 Å². The van der Waals surface area contributed by atoms with Crippen LogP contribution in [-0.2, 0) is 10.3 Å². The van der Waals surface area contributed by atoms with E-state index in [0.29, 0.717) is 6.10 Å². The molecule has 134 valence electrons. The molecule has 1 heterocycles. The first-order valence-corrected chi connectivity index (χ1v) is 9.72. The number of piperidine rings is 1. The third-order valence-electron chi connectivity index (χ3n) is 5.01. The van der Waals surface area contributed by atoms with Crippen LogP contribution in [0.15, 0.2) is 22.7 Å². The number of halogens is 1. The summed E-state index contributed by atoms with van der Waals surface area (Å²) in [5.41, 5.74) is 0.0315. The lowest BCUT2D eigenvalue weighted by Gasteiger charge is -2.36. The lowest BCUT2D eigenvalue weighted by molar-refractivity contribution is -0.0735. The van der Waals surface area contributed by atoms with Gasteiger partial charge in [0.05, 0.1) is 16.2 Å². The molecule has 2 fully saturated rings. The molecule has 0 aromatic heterocycles. The smallest absolute Gasteiger partial charge is 0.133 e. The van der Waals surface area contributed by atoms with Crippen molar-refractivity contribution in [3.63, 3.8) is 0 Å². The van der Waals surface area contributed by atoms with Crippen LogP contribution in [0, 0.1) is 5.92 Å². The number of rotatable bonds is 6. The minimum atomic E-state index is -0.842. The molecular formula is C19H28BrNO3. The number of aliphatic hydroxyl groups is 1.